The van der Waals surface area contributed by atoms with Gasteiger partial charge in [0.25, 0.3) is 11.6 Å². The minimum Gasteiger partial charge on any atom is -0.270 e. The van der Waals surface area contributed by atoms with E-state index in [1.165, 1.54) is 22.7 Å². The molecule has 1 aliphatic rings. The molecule has 0 aliphatic carbocycles. The number of hydrogen-bond acceptors (Lipinski definition) is 1. The Bertz CT molecular complexity index is 469. The van der Waals surface area contributed by atoms with E-state index in [1.54, 1.807) is 6.92 Å². The van der Waals surface area contributed by atoms with Gasteiger partial charge in [-0.3, -0.25) is 4.79 Å². The molecular weight excluding hydrogens is 212 g/mol. The van der Waals surface area contributed by atoms with Gasteiger partial charge in [-0.1, -0.05) is 0 Å². The molecule has 0 radical (unpaired) electrons. The van der Waals surface area contributed by atoms with Crippen LogP contribution in [0.25, 0.3) is 0 Å². The maximum Gasteiger partial charge on any atom is 0.265 e. The van der Waals surface area contributed by atoms with Gasteiger partial charge in [-0.2, -0.15) is 5.43 Å². The van der Waals surface area contributed by atoms with Gasteiger partial charge < -0.3 is 0 Å². The summed E-state index contributed by atoms with van der Waals surface area (Å²) in [6, 6.07) is 6.69. The number of quaternary nitrogens is 1. The Labute approximate surface area is 103 Å². The number of benzene rings is 1. The monoisotopic (exact) mass is 232 g/mol. The van der Waals surface area contributed by atoms with Gasteiger partial charge in [-0.15, -0.1) is 4.59 Å². The number of carbonyl (C=O) groups is 1. The molecule has 0 spiro atoms. The number of fused-ring (bicyclic) bond motifs is 1. The fraction of sp³-hybridized carbons (Fsp3) is 0.429. The molecule has 17 heavy (non-hydrogen) atoms. The Kier molecular flexibility index (Phi) is 2.66. The second-order valence-electron chi connectivity index (χ2n) is 5.12. The van der Waals surface area contributed by atoms with E-state index in [9.17, 15) is 4.79 Å². The van der Waals surface area contributed by atoms with Crippen LogP contribution in [0.3, 0.4) is 0 Å². The molecule has 3 heteroatoms. The molecule has 0 aromatic heterocycles. The highest BCUT2D eigenvalue weighted by atomic mass is 16.2. The van der Waals surface area contributed by atoms with E-state index < -0.39 is 0 Å². The van der Waals surface area contributed by atoms with Crippen molar-refractivity contribution in [2.75, 3.05) is 7.05 Å². The fourth-order valence-electron chi connectivity index (χ4n) is 2.68. The molecular formula is C14H20N2O+2. The van der Waals surface area contributed by atoms with Gasteiger partial charge in [0.05, 0.1) is 12.1 Å². The maximum atomic E-state index is 11.4. The normalized spacial score (nSPS) is 26.9. The lowest BCUT2D eigenvalue weighted by Gasteiger charge is -2.29. The molecule has 3 nitrogen and oxygen atoms in total. The highest BCUT2D eigenvalue weighted by Gasteiger charge is 2.54. The van der Waals surface area contributed by atoms with Gasteiger partial charge >= 0.3 is 0 Å². The molecule has 0 fully saturated rings. The molecule has 1 amide bonds. The second kappa shape index (κ2) is 3.77. The predicted molar refractivity (Wildman–Crippen MR) is 70.2 cm³/mol. The average Bonchev–Trinajstić information content (AvgIpc) is 2.40. The summed E-state index contributed by atoms with van der Waals surface area (Å²) in [6.45, 7) is 7.96. The second-order valence-corrected chi connectivity index (χ2v) is 5.12. The number of nitrogens with zero attached hydrogens (tertiary/aromatic N) is 1. The first-order valence-electron chi connectivity index (χ1n) is 5.96. The topological polar surface area (TPSA) is 29.1 Å². The smallest absolute Gasteiger partial charge is 0.265 e. The van der Waals surface area contributed by atoms with Gasteiger partial charge in [0.2, 0.25) is 5.56 Å². The Morgan fingerprint density at radius 1 is 1.47 bits per heavy atom. The Hall–Kier alpha value is -1.48. The van der Waals surface area contributed by atoms with Crippen molar-refractivity contribution in [1.82, 2.24) is 10.0 Å². The van der Waals surface area contributed by atoms with Gasteiger partial charge in [0, 0.05) is 26.3 Å². The molecule has 1 N–H and O–H groups in total. The Morgan fingerprint density at radius 3 is 2.71 bits per heavy atom. The summed E-state index contributed by atoms with van der Waals surface area (Å²) in [5, 5.41) is 0. The minimum absolute atomic E-state index is 0.000532. The number of aryl methyl sites for hydroxylation is 1. The molecule has 1 aromatic rings. The van der Waals surface area contributed by atoms with Crippen molar-refractivity contribution < 1.29 is 4.79 Å². The summed E-state index contributed by atoms with van der Waals surface area (Å²) in [7, 11) is 2.05. The zero-order valence-electron chi connectivity index (χ0n) is 11.2. The van der Waals surface area contributed by atoms with Crippen LogP contribution >= 0.6 is 0 Å². The van der Waals surface area contributed by atoms with Crippen molar-refractivity contribution in [3.05, 3.63) is 35.2 Å². The number of rotatable bonds is 1. The van der Waals surface area contributed by atoms with Gasteiger partial charge in [-0.05, 0) is 13.0 Å². The lowest BCUT2D eigenvalue weighted by atomic mass is 9.97. The van der Waals surface area contributed by atoms with Gasteiger partial charge in [0.15, 0.2) is 6.04 Å². The van der Waals surface area contributed by atoms with Crippen molar-refractivity contribution in [2.45, 2.75) is 33.7 Å². The SMILES string of the molecule is CC(=O)N[N+]1(C)c2ccc(C)cc2[C+](C)C1C. The zero-order chi connectivity index (χ0) is 12.8. The van der Waals surface area contributed by atoms with Crippen molar-refractivity contribution in [3.63, 3.8) is 0 Å². The van der Waals surface area contributed by atoms with E-state index in [0.29, 0.717) is 4.59 Å². The Morgan fingerprint density at radius 2 is 2.12 bits per heavy atom. The first kappa shape index (κ1) is 12.0. The van der Waals surface area contributed by atoms with Crippen LogP contribution in [0.2, 0.25) is 0 Å². The van der Waals surface area contributed by atoms with E-state index in [2.05, 4.69) is 51.4 Å². The molecule has 0 saturated heterocycles. The summed E-state index contributed by atoms with van der Waals surface area (Å²) in [6.07, 6.45) is 0. The van der Waals surface area contributed by atoms with Crippen LogP contribution in [0.1, 0.15) is 31.9 Å². The Balaban J connectivity index is 2.54. The molecule has 1 aliphatic heterocycles. The molecule has 90 valence electrons. The molecule has 0 saturated carbocycles. The third-order valence-corrected chi connectivity index (χ3v) is 3.87. The first-order valence-corrected chi connectivity index (χ1v) is 5.96. The number of nitrogens with one attached hydrogen (secondary N) is 1. The molecule has 1 aromatic carbocycles. The molecule has 2 atom stereocenters. The number of hydrogen-bond donors (Lipinski definition) is 1. The average molecular weight is 232 g/mol. The maximum absolute atomic E-state index is 11.4. The largest absolute Gasteiger partial charge is 0.270 e. The van der Waals surface area contributed by atoms with Crippen LogP contribution in [0.5, 0.6) is 0 Å². The fourth-order valence-corrected chi connectivity index (χ4v) is 2.68. The summed E-state index contributed by atoms with van der Waals surface area (Å²) < 4.78 is 0.469. The number of amides is 1. The van der Waals surface area contributed by atoms with Crippen molar-refractivity contribution in [2.24, 2.45) is 0 Å². The van der Waals surface area contributed by atoms with Crippen molar-refractivity contribution >= 4 is 11.6 Å². The van der Waals surface area contributed by atoms with E-state index >= 15 is 0 Å². The van der Waals surface area contributed by atoms with E-state index in [4.69, 9.17) is 0 Å². The van der Waals surface area contributed by atoms with Crippen LogP contribution in [-0.2, 0) is 4.79 Å². The number of carbonyl (C=O) groups excluding carboxylic acids is 1. The summed E-state index contributed by atoms with van der Waals surface area (Å²) >= 11 is 0. The predicted octanol–water partition coefficient (Wildman–Crippen LogP) is 2.33. The van der Waals surface area contributed by atoms with E-state index in [-0.39, 0.29) is 11.9 Å². The summed E-state index contributed by atoms with van der Waals surface area (Å²) in [5.41, 5.74) is 6.76. The van der Waals surface area contributed by atoms with Crippen LogP contribution in [-0.4, -0.2) is 19.0 Å². The molecule has 0 bridgehead atoms. The van der Waals surface area contributed by atoms with Crippen molar-refractivity contribution in [3.8, 4) is 0 Å². The minimum atomic E-state index is 0.000532. The first-order chi connectivity index (χ1) is 7.86. The van der Waals surface area contributed by atoms with Gasteiger partial charge in [0.1, 0.15) is 13.0 Å². The molecule has 1 heterocycles. The summed E-state index contributed by atoms with van der Waals surface area (Å²) in [4.78, 5) is 11.4. The van der Waals surface area contributed by atoms with E-state index in [1.807, 2.05) is 0 Å². The third kappa shape index (κ3) is 1.71. The molecule has 2 rings (SSSR count). The standard InChI is InChI=1S/C14H19N2O/c1-9-6-7-14-13(8-9)10(2)11(3)16(14,5)15-12(4)17/h6-8,11H,1-5H3/q+1/p+1. The van der Waals surface area contributed by atoms with Crippen LogP contribution in [0, 0.1) is 12.8 Å². The summed E-state index contributed by atoms with van der Waals surface area (Å²) in [5.74, 6) is 1.33. The van der Waals surface area contributed by atoms with Crippen LogP contribution < -0.4 is 10.0 Å². The quantitative estimate of drug-likeness (QED) is 0.584. The molecule has 2 unspecified atom stereocenters. The van der Waals surface area contributed by atoms with Crippen LogP contribution in [0.4, 0.5) is 5.69 Å². The van der Waals surface area contributed by atoms with E-state index in [0.717, 1.165) is 0 Å². The number of likely N-dealkylation sites (N-methyl/N-ethyl adjacent to an activating group) is 1. The third-order valence-electron chi connectivity index (χ3n) is 3.87. The van der Waals surface area contributed by atoms with Crippen molar-refractivity contribution in [1.29, 1.82) is 0 Å². The highest BCUT2D eigenvalue weighted by molar-refractivity contribution is 5.76. The van der Waals surface area contributed by atoms with Gasteiger partial charge in [-0.25, -0.2) is 0 Å². The van der Waals surface area contributed by atoms with Crippen LogP contribution in [0.15, 0.2) is 18.2 Å². The highest BCUT2D eigenvalue weighted by Crippen LogP contribution is 2.43. The zero-order valence-corrected chi connectivity index (χ0v) is 11.2. The lowest BCUT2D eigenvalue weighted by Crippen LogP contribution is -2.61. The lowest BCUT2D eigenvalue weighted by molar-refractivity contribution is -0.123.